The van der Waals surface area contributed by atoms with Crippen LogP contribution in [0.1, 0.15) is 175 Å². The Balaban J connectivity index is 3.65. The highest BCUT2D eigenvalue weighted by Gasteiger charge is 2.45. The summed E-state index contributed by atoms with van der Waals surface area (Å²) in [5.74, 6) is -9.01. The molecule has 0 aliphatic carbocycles. The topological polar surface area (TPSA) is 364 Å². The lowest BCUT2D eigenvalue weighted by Crippen LogP contribution is -2.63. The molecule has 8 N–H and O–H groups in total. The van der Waals surface area contributed by atoms with Crippen LogP contribution in [0, 0.1) is 47.3 Å². The Morgan fingerprint density at radius 3 is 1.50 bits per heavy atom. The third-order valence-corrected chi connectivity index (χ3v) is 21.0. The second-order valence-corrected chi connectivity index (χ2v) is 32.7. The summed E-state index contributed by atoms with van der Waals surface area (Å²) in [6.45, 7) is 30.2. The molecule has 1 aromatic rings. The Bertz CT molecular complexity index is 3030. The van der Waals surface area contributed by atoms with E-state index in [1.54, 1.807) is 60.0 Å². The summed E-state index contributed by atoms with van der Waals surface area (Å²) >= 11 is 0. The van der Waals surface area contributed by atoms with E-state index < -0.39 is 138 Å². The highest BCUT2D eigenvalue weighted by Crippen LogP contribution is 2.30. The van der Waals surface area contributed by atoms with Crippen LogP contribution in [0.15, 0.2) is 41.6 Å². The van der Waals surface area contributed by atoms with E-state index in [0.29, 0.717) is 25.0 Å². The van der Waals surface area contributed by atoms with Crippen LogP contribution in [-0.4, -0.2) is 256 Å². The summed E-state index contributed by atoms with van der Waals surface area (Å²) in [5.41, 5.74) is 5.67. The van der Waals surface area contributed by atoms with E-state index >= 15 is 19.2 Å². The predicted octanol–water partition coefficient (Wildman–Crippen LogP) is 5.11. The van der Waals surface area contributed by atoms with Crippen molar-refractivity contribution in [2.75, 3.05) is 74.7 Å². The van der Waals surface area contributed by atoms with Gasteiger partial charge in [0.05, 0.1) is 12.6 Å². The maximum Gasteiger partial charge on any atom is 0.246 e. The largest absolute Gasteiger partial charge is 0.390 e. The molecular weight excluding hydrogens is 1390 g/mol. The number of aromatic nitrogens is 1. The zero-order valence-electron chi connectivity index (χ0n) is 67.3. The van der Waals surface area contributed by atoms with Crippen LogP contribution in [-0.2, 0) is 62.3 Å². The average molecular weight is 1520 g/mol. The van der Waals surface area contributed by atoms with Gasteiger partial charge in [0.1, 0.15) is 59.4 Å². The summed E-state index contributed by atoms with van der Waals surface area (Å²) in [4.78, 5) is 194. The third-order valence-electron chi connectivity index (χ3n) is 18.7. The van der Waals surface area contributed by atoms with Crippen molar-refractivity contribution in [3.63, 3.8) is 0 Å². The van der Waals surface area contributed by atoms with Gasteiger partial charge >= 0.3 is 0 Å². The number of hydrogen-bond acceptors (Lipinski definition) is 17. The molecule has 0 radical (unpaired) electrons. The lowest BCUT2D eigenvalue weighted by atomic mass is 9.91. The molecule has 1 unspecified atom stereocenters. The van der Waals surface area contributed by atoms with E-state index in [-0.39, 0.29) is 105 Å². The average Bonchev–Trinajstić information content (AvgIpc) is 0.801. The number of pyridine rings is 1. The van der Waals surface area contributed by atoms with E-state index in [1.165, 1.54) is 102 Å². The molecule has 0 bridgehead atoms. The molecule has 0 saturated heterocycles. The summed E-state index contributed by atoms with van der Waals surface area (Å²) in [6, 6.07) is -5.30. The minimum Gasteiger partial charge on any atom is -0.390 e. The van der Waals surface area contributed by atoms with Crippen LogP contribution in [0.3, 0.4) is 0 Å². The van der Waals surface area contributed by atoms with Gasteiger partial charge in [-0.25, -0.2) is 4.98 Å². The molecule has 105 heavy (non-hydrogen) atoms. The van der Waals surface area contributed by atoms with Crippen molar-refractivity contribution in [2.24, 2.45) is 53.1 Å². The number of rotatable bonds is 47. The second-order valence-electron chi connectivity index (χ2n) is 30.3. The van der Waals surface area contributed by atoms with Crippen LogP contribution < -0.4 is 32.3 Å². The summed E-state index contributed by atoms with van der Waals surface area (Å²) in [6.07, 6.45) is 5.22. The van der Waals surface area contributed by atoms with Crippen molar-refractivity contribution in [1.29, 1.82) is 0 Å². The summed E-state index contributed by atoms with van der Waals surface area (Å²) < 4.78 is 0. The number of aliphatic hydroxyl groups excluding tert-OH is 1. The van der Waals surface area contributed by atoms with Gasteiger partial charge < -0.3 is 71.7 Å². The van der Waals surface area contributed by atoms with E-state index in [2.05, 4.69) is 31.6 Å². The molecule has 596 valence electrons. The molecule has 0 aromatic carbocycles. The van der Waals surface area contributed by atoms with Gasteiger partial charge in [0.2, 0.25) is 76.8 Å². The summed E-state index contributed by atoms with van der Waals surface area (Å²) in [7, 11) is 12.9. The molecule has 0 aliphatic rings. The smallest absolute Gasteiger partial charge is 0.246 e. The molecule has 1 aromatic heterocycles. The molecule has 30 heteroatoms. The first-order valence-corrected chi connectivity index (χ1v) is 39.3. The van der Waals surface area contributed by atoms with Gasteiger partial charge in [-0.05, 0) is 123 Å². The molecular formula is C75H130N14O14S2. The molecule has 13 amide bonds. The Hall–Kier alpha value is -7.34. The van der Waals surface area contributed by atoms with Crippen molar-refractivity contribution < 1.29 is 67.4 Å². The van der Waals surface area contributed by atoms with Crippen molar-refractivity contribution >= 4 is 98.4 Å². The first-order valence-electron chi connectivity index (χ1n) is 37.0. The lowest BCUT2D eigenvalue weighted by Gasteiger charge is -2.41. The number of nitrogens with zero attached hydrogens (tertiary/aromatic N) is 8. The first kappa shape index (κ1) is 95.7. The second kappa shape index (κ2) is 47.4. The lowest BCUT2D eigenvalue weighted by molar-refractivity contribution is -0.157. The van der Waals surface area contributed by atoms with Gasteiger partial charge in [0.25, 0.3) is 0 Å². The molecule has 0 aliphatic heterocycles. The number of hydrogen-bond donors (Lipinski definition) is 7. The fraction of sp³-hybridized carbons (Fsp3) is 0.733. The van der Waals surface area contributed by atoms with Gasteiger partial charge in [-0.3, -0.25) is 62.3 Å². The van der Waals surface area contributed by atoms with Crippen LogP contribution in [0.4, 0.5) is 0 Å². The van der Waals surface area contributed by atoms with Crippen molar-refractivity contribution in [1.82, 2.24) is 65.9 Å². The van der Waals surface area contributed by atoms with Crippen LogP contribution >= 0.6 is 21.6 Å². The molecule has 1 rings (SSSR count). The quantitative estimate of drug-likeness (QED) is 0.0253. The number of carbonyl (C=O) groups excluding carboxylic acids is 13. The SMILES string of the molecule is CC[C@H](NC(=O)[C@H]([C@H](O)[C@H](C)C/C=C/CCC(=O)NCCNC(=O)CCSSc1ccccn1)N(C)C(=O)[C@H](C(C)C)N(C)C(=O)[C@H](CC(C)C)N(C)C(=O)[C@H](CC(C)C)N(C)C(=O)[C@@H](C)NC(=O)[C@H](C)NC(=O)[C@H](CC(C)C)N(C)C(=O)C(C)C(C)C)C(=O)N(C)CC(=O)N(C)[C@@H](CC(C)C)C(N)=O. The minimum absolute atomic E-state index is 0.00192. The number of amides is 13. The molecule has 0 saturated carbocycles. The fourth-order valence-corrected chi connectivity index (χ4v) is 13.7. The number of nitrogens with one attached hydrogen (secondary N) is 5. The number of primary amides is 1. The maximum absolute atomic E-state index is 15.4. The molecule has 0 spiro atoms. The van der Waals surface area contributed by atoms with E-state index in [1.807, 2.05) is 87.4 Å². The zero-order valence-corrected chi connectivity index (χ0v) is 68.9. The van der Waals surface area contributed by atoms with Crippen molar-refractivity contribution in [3.8, 4) is 0 Å². The third kappa shape index (κ3) is 31.9. The number of likely N-dealkylation sites (N-methyl/N-ethyl adjacent to an activating group) is 7. The van der Waals surface area contributed by atoms with Crippen molar-refractivity contribution in [2.45, 2.75) is 241 Å². The number of carbonyl (C=O) groups is 13. The number of nitrogens with two attached hydrogens (primary N) is 1. The van der Waals surface area contributed by atoms with Gasteiger partial charge in [0, 0.05) is 93.1 Å². The highest BCUT2D eigenvalue weighted by atomic mass is 33.1. The molecule has 1 heterocycles. The van der Waals surface area contributed by atoms with Gasteiger partial charge in [-0.2, -0.15) is 0 Å². The first-order chi connectivity index (χ1) is 48.9. The summed E-state index contributed by atoms with van der Waals surface area (Å²) in [5, 5.41) is 27.0. The van der Waals surface area contributed by atoms with Gasteiger partial charge in [0.15, 0.2) is 0 Å². The van der Waals surface area contributed by atoms with Crippen molar-refractivity contribution in [3.05, 3.63) is 36.5 Å². The highest BCUT2D eigenvalue weighted by molar-refractivity contribution is 8.76. The van der Waals surface area contributed by atoms with E-state index in [4.69, 9.17) is 5.73 Å². The zero-order chi connectivity index (χ0) is 80.6. The molecule has 28 nitrogen and oxygen atoms in total. The van der Waals surface area contributed by atoms with Crippen LogP contribution in [0.25, 0.3) is 0 Å². The van der Waals surface area contributed by atoms with Crippen LogP contribution in [0.2, 0.25) is 0 Å². The Kier molecular flexibility index (Phi) is 43.2. The maximum atomic E-state index is 15.4. The normalized spacial score (nSPS) is 15.1. The van der Waals surface area contributed by atoms with E-state index in [0.717, 1.165) is 14.8 Å². The standard InChI is InChI=1S/C75H130N14O14S2/c1-25-54(72(100)83(18)43-62(92)84(19)55(66(76)94)39-44(2)3)82-69(97)64(65(93)50(14)31-27-26-28-32-59(90)77-36-37-78-60(91)34-38-104-105-61-33-29-30-35-79-61)89(24)75(103)63(49(12)13)88(23)74(102)58(42-47(8)9)87(22)73(101)57(41-46(6)7)86(21)71(99)53(17)81-67(95)52(16)80-68(96)56(40-45(4)5)85(20)70(98)51(15)48(10)11/h26-27,29-30,33,35,44-58,63-65,93H,25,28,31-32,34,36-43H2,1-24H3,(H2,76,94)(H,77,90)(H,78,91)(H,80,96)(H,81,95)(H,82,97)/b27-26+/t50-,51?,52+,53-,54+,55+,56+,57+,58+,63+,64+,65-/m1/s1. The van der Waals surface area contributed by atoms with Gasteiger partial charge in [-0.1, -0.05) is 133 Å². The molecule has 12 atom stereocenters. The Morgan fingerprint density at radius 2 is 1.00 bits per heavy atom. The Labute approximate surface area is 633 Å². The van der Waals surface area contributed by atoms with Gasteiger partial charge in [-0.15, -0.1) is 0 Å². The predicted molar refractivity (Wildman–Crippen MR) is 412 cm³/mol. The number of aliphatic hydroxyl groups is 1. The van der Waals surface area contributed by atoms with E-state index in [9.17, 15) is 48.3 Å². The monoisotopic (exact) mass is 1510 g/mol. The Morgan fingerprint density at radius 1 is 0.514 bits per heavy atom. The number of allylic oxidation sites excluding steroid dienone is 2. The van der Waals surface area contributed by atoms with Crippen LogP contribution in [0.5, 0.6) is 0 Å². The minimum atomic E-state index is -1.72. The fourth-order valence-electron chi connectivity index (χ4n) is 11.8. The molecule has 0 fully saturated rings.